The molecule has 2 saturated carbocycles. The Hall–Kier alpha value is -2.44. The zero-order valence-corrected chi connectivity index (χ0v) is 18.1. The maximum atomic E-state index is 14.2. The first-order chi connectivity index (χ1) is 14.9. The first-order valence-electron chi connectivity index (χ1n) is 10.6. The molecule has 2 aromatic carbocycles. The van der Waals surface area contributed by atoms with Gasteiger partial charge in [0.15, 0.2) is 0 Å². The van der Waals surface area contributed by atoms with Gasteiger partial charge in [-0.2, -0.15) is 0 Å². The van der Waals surface area contributed by atoms with E-state index in [1.807, 2.05) is 9.80 Å². The lowest BCUT2D eigenvalue weighted by molar-refractivity contribution is -0.147. The van der Waals surface area contributed by atoms with Gasteiger partial charge < -0.3 is 14.5 Å². The summed E-state index contributed by atoms with van der Waals surface area (Å²) in [6, 6.07) is 11.6. The molecular weight excluding hydrogens is 419 g/mol. The molecule has 162 valence electrons. The first kappa shape index (κ1) is 20.5. The van der Waals surface area contributed by atoms with Crippen LogP contribution >= 0.6 is 11.6 Å². The molecule has 3 aliphatic rings. The zero-order chi connectivity index (χ0) is 21.8. The van der Waals surface area contributed by atoms with Gasteiger partial charge in [0.2, 0.25) is 0 Å². The second-order valence-corrected chi connectivity index (χ2v) is 9.24. The Morgan fingerprint density at radius 2 is 1.74 bits per heavy atom. The minimum atomic E-state index is -0.630. The van der Waals surface area contributed by atoms with Crippen molar-refractivity contribution in [1.29, 1.82) is 0 Å². The van der Waals surface area contributed by atoms with E-state index in [9.17, 15) is 14.0 Å². The lowest BCUT2D eigenvalue weighted by atomic mass is 10.0. The molecule has 3 fully saturated rings. The Kier molecular flexibility index (Phi) is 4.83. The Morgan fingerprint density at radius 1 is 1.03 bits per heavy atom. The van der Waals surface area contributed by atoms with Gasteiger partial charge in [-0.15, -0.1) is 0 Å². The number of rotatable bonds is 4. The van der Waals surface area contributed by atoms with E-state index in [1.54, 1.807) is 43.5 Å². The molecule has 0 bridgehead atoms. The number of nitrogens with zero attached hydrogens (tertiary/aromatic N) is 2. The van der Waals surface area contributed by atoms with Gasteiger partial charge in [0, 0.05) is 42.9 Å². The number of carbonyl (C=O) groups excluding carboxylic acids is 2. The van der Waals surface area contributed by atoms with Crippen molar-refractivity contribution in [3.63, 3.8) is 0 Å². The van der Waals surface area contributed by atoms with Crippen molar-refractivity contribution in [3.05, 3.63) is 58.9 Å². The molecule has 1 aliphatic heterocycles. The van der Waals surface area contributed by atoms with Crippen LogP contribution in [0.3, 0.4) is 0 Å². The normalized spacial score (nSPS) is 20.6. The van der Waals surface area contributed by atoms with E-state index >= 15 is 0 Å². The third-order valence-corrected chi connectivity index (χ3v) is 7.10. The molecule has 5 nitrogen and oxygen atoms in total. The summed E-state index contributed by atoms with van der Waals surface area (Å²) in [5, 5.41) is 0.346. The van der Waals surface area contributed by atoms with Crippen LogP contribution < -0.4 is 0 Å². The predicted molar refractivity (Wildman–Crippen MR) is 115 cm³/mol. The van der Waals surface area contributed by atoms with Crippen LogP contribution in [0.1, 0.15) is 36.0 Å². The Bertz CT molecular complexity index is 1050. The number of piperazine rings is 1. The highest BCUT2D eigenvalue weighted by molar-refractivity contribution is 6.30. The van der Waals surface area contributed by atoms with Crippen LogP contribution in [0.4, 0.5) is 4.39 Å². The molecule has 0 aromatic heterocycles. The molecule has 2 amide bonds. The molecule has 1 saturated heterocycles. The topological polar surface area (TPSA) is 49.9 Å². The average molecular weight is 443 g/mol. The maximum absolute atomic E-state index is 14.2. The van der Waals surface area contributed by atoms with Crippen molar-refractivity contribution >= 4 is 23.4 Å². The van der Waals surface area contributed by atoms with Crippen molar-refractivity contribution in [3.8, 4) is 11.1 Å². The summed E-state index contributed by atoms with van der Waals surface area (Å²) in [6.07, 6.45) is 3.34. The number of halogens is 2. The lowest BCUT2D eigenvalue weighted by Gasteiger charge is -2.43. The van der Waals surface area contributed by atoms with E-state index < -0.39 is 11.4 Å². The van der Waals surface area contributed by atoms with E-state index in [-0.39, 0.29) is 17.4 Å². The van der Waals surface area contributed by atoms with Gasteiger partial charge in [-0.25, -0.2) is 4.39 Å². The lowest BCUT2D eigenvalue weighted by Crippen LogP contribution is -2.60. The summed E-state index contributed by atoms with van der Waals surface area (Å²) >= 11 is 5.83. The van der Waals surface area contributed by atoms with Gasteiger partial charge in [-0.3, -0.25) is 9.59 Å². The number of hydrogen-bond acceptors (Lipinski definition) is 3. The number of methoxy groups -OCH3 is 1. The van der Waals surface area contributed by atoms with Gasteiger partial charge >= 0.3 is 0 Å². The zero-order valence-electron chi connectivity index (χ0n) is 17.4. The van der Waals surface area contributed by atoms with E-state index in [0.29, 0.717) is 41.3 Å². The summed E-state index contributed by atoms with van der Waals surface area (Å²) < 4.78 is 19.7. The fourth-order valence-corrected chi connectivity index (χ4v) is 4.78. The van der Waals surface area contributed by atoms with Gasteiger partial charge in [0.25, 0.3) is 11.8 Å². The monoisotopic (exact) mass is 442 g/mol. The SMILES string of the molecule is COC1(C(=O)N2CCN(C(=O)c3ccc(-c4ccc(Cl)cc4F)cc3)C3(CC3)C2)CC1. The van der Waals surface area contributed by atoms with Crippen LogP contribution in [0.25, 0.3) is 11.1 Å². The van der Waals surface area contributed by atoms with E-state index in [1.165, 1.54) is 6.07 Å². The fraction of sp³-hybridized carbons (Fsp3) is 0.417. The summed E-state index contributed by atoms with van der Waals surface area (Å²) in [4.78, 5) is 29.9. The minimum Gasteiger partial charge on any atom is -0.368 e. The largest absolute Gasteiger partial charge is 0.368 e. The predicted octanol–water partition coefficient (Wildman–Crippen LogP) is 4.14. The molecule has 0 atom stereocenters. The number of carbonyl (C=O) groups is 2. The second kappa shape index (κ2) is 7.31. The number of hydrogen-bond donors (Lipinski definition) is 0. The van der Waals surface area contributed by atoms with Gasteiger partial charge in [0.05, 0.1) is 5.54 Å². The van der Waals surface area contributed by atoms with Crippen molar-refractivity contribution in [2.45, 2.75) is 36.8 Å². The molecule has 1 spiro atoms. The van der Waals surface area contributed by atoms with Gasteiger partial charge in [0.1, 0.15) is 11.4 Å². The van der Waals surface area contributed by atoms with E-state index in [2.05, 4.69) is 0 Å². The fourth-order valence-electron chi connectivity index (χ4n) is 4.62. The second-order valence-electron chi connectivity index (χ2n) is 8.81. The summed E-state index contributed by atoms with van der Waals surface area (Å²) in [6.45, 7) is 1.60. The third-order valence-electron chi connectivity index (χ3n) is 6.87. The Morgan fingerprint density at radius 3 is 2.32 bits per heavy atom. The molecule has 0 radical (unpaired) electrons. The van der Waals surface area contributed by atoms with Crippen LogP contribution in [0, 0.1) is 5.82 Å². The van der Waals surface area contributed by atoms with Gasteiger partial charge in [-0.05, 0) is 61.6 Å². The molecule has 1 heterocycles. The smallest absolute Gasteiger partial charge is 0.254 e. The van der Waals surface area contributed by atoms with Gasteiger partial charge in [-0.1, -0.05) is 23.7 Å². The molecule has 31 heavy (non-hydrogen) atoms. The number of ether oxygens (including phenoxy) is 1. The molecule has 7 heteroatoms. The highest BCUT2D eigenvalue weighted by atomic mass is 35.5. The summed E-state index contributed by atoms with van der Waals surface area (Å²) in [5.74, 6) is -0.378. The van der Waals surface area contributed by atoms with Crippen LogP contribution in [0.15, 0.2) is 42.5 Å². The molecule has 2 aliphatic carbocycles. The number of amides is 2. The molecular formula is C24H24ClFN2O3. The van der Waals surface area contributed by atoms with Crippen LogP contribution in [-0.2, 0) is 9.53 Å². The highest BCUT2D eigenvalue weighted by Crippen LogP contribution is 2.47. The quantitative estimate of drug-likeness (QED) is 0.715. The first-order valence-corrected chi connectivity index (χ1v) is 11.0. The van der Waals surface area contributed by atoms with Crippen LogP contribution in [0.2, 0.25) is 5.02 Å². The van der Waals surface area contributed by atoms with Crippen molar-refractivity contribution in [1.82, 2.24) is 9.80 Å². The van der Waals surface area contributed by atoms with Crippen molar-refractivity contribution in [2.75, 3.05) is 26.7 Å². The molecule has 0 N–H and O–H groups in total. The maximum Gasteiger partial charge on any atom is 0.254 e. The van der Waals surface area contributed by atoms with Crippen LogP contribution in [-0.4, -0.2) is 59.5 Å². The number of benzene rings is 2. The Labute approximate surface area is 185 Å². The van der Waals surface area contributed by atoms with E-state index in [0.717, 1.165) is 25.7 Å². The van der Waals surface area contributed by atoms with Crippen molar-refractivity contribution < 1.29 is 18.7 Å². The summed E-state index contributed by atoms with van der Waals surface area (Å²) in [5.41, 5.74) is 0.808. The molecule has 5 rings (SSSR count). The minimum absolute atomic E-state index is 0.0411. The third kappa shape index (κ3) is 3.52. The van der Waals surface area contributed by atoms with Crippen molar-refractivity contribution in [2.24, 2.45) is 0 Å². The van der Waals surface area contributed by atoms with E-state index in [4.69, 9.17) is 16.3 Å². The summed E-state index contributed by atoms with van der Waals surface area (Å²) in [7, 11) is 1.59. The highest BCUT2D eigenvalue weighted by Gasteiger charge is 2.58. The standard InChI is InChI=1S/C24H24ClFN2O3/c1-31-24(10-11-24)22(30)27-12-13-28(23(15-27)8-9-23)21(29)17-4-2-16(3-5-17)19-7-6-18(25)14-20(19)26/h2-7,14H,8-13,15H2,1H3. The molecule has 2 aromatic rings. The Balaban J connectivity index is 1.31. The molecule has 0 unspecified atom stereocenters. The average Bonchev–Trinajstić information content (AvgIpc) is 3.70. The van der Waals surface area contributed by atoms with Crippen LogP contribution in [0.5, 0.6) is 0 Å².